The first-order valence-electron chi connectivity index (χ1n) is 6.75. The molecule has 126 valence electrons. The van der Waals surface area contributed by atoms with E-state index < -0.39 is 10.6 Å². The molecule has 0 aliphatic heterocycles. The van der Waals surface area contributed by atoms with Gasteiger partial charge in [-0.1, -0.05) is 0 Å². The van der Waals surface area contributed by atoms with Crippen LogP contribution in [0.4, 0.5) is 11.5 Å². The highest BCUT2D eigenvalue weighted by Crippen LogP contribution is 2.37. The smallest absolute Gasteiger partial charge is 0.363 e. The third-order valence-electron chi connectivity index (χ3n) is 2.72. The maximum Gasteiger partial charge on any atom is 0.363 e. The number of H-pyrrole nitrogens is 1. The molecule has 11 nitrogen and oxygen atoms in total. The Labute approximate surface area is 135 Å². The normalized spacial score (nSPS) is 10.6. The van der Waals surface area contributed by atoms with Crippen LogP contribution in [0.3, 0.4) is 0 Å². The molecule has 0 radical (unpaired) electrons. The van der Waals surface area contributed by atoms with Gasteiger partial charge in [0.25, 0.3) is 0 Å². The third kappa shape index (κ3) is 4.03. The molecule has 0 fully saturated rings. The average molecular weight is 334 g/mol. The third-order valence-corrected chi connectivity index (χ3v) is 2.72. The average Bonchev–Trinajstić information content (AvgIpc) is 2.55. The zero-order valence-corrected chi connectivity index (χ0v) is 12.8. The highest BCUT2D eigenvalue weighted by molar-refractivity contribution is 5.83. The molecule has 11 heteroatoms. The van der Waals surface area contributed by atoms with Gasteiger partial charge in [-0.05, 0) is 13.0 Å². The lowest BCUT2D eigenvalue weighted by Gasteiger charge is -2.10. The van der Waals surface area contributed by atoms with Gasteiger partial charge in [-0.3, -0.25) is 15.5 Å². The molecule has 0 aliphatic rings. The number of hydrogen-bond donors (Lipinski definition) is 2. The standard InChI is InChI=1S/C13H14N6O5/c1-3-24-12-9(19(21)22)4-8(5-10(12)23-2)6-14-17-11-7-15-18-13(20)16-11/h4-7H,3H2,1-2H3,(H2,16,17,18,20)/b14-6+. The summed E-state index contributed by atoms with van der Waals surface area (Å²) in [6, 6.07) is 2.83. The Hall–Kier alpha value is -3.50. The van der Waals surface area contributed by atoms with Crippen LogP contribution in [0, 0.1) is 10.1 Å². The van der Waals surface area contributed by atoms with Crippen LogP contribution in [0.5, 0.6) is 11.5 Å². The van der Waals surface area contributed by atoms with Crippen LogP contribution in [-0.2, 0) is 0 Å². The van der Waals surface area contributed by atoms with E-state index in [1.165, 1.54) is 31.7 Å². The Morgan fingerprint density at radius 1 is 1.50 bits per heavy atom. The quantitative estimate of drug-likeness (QED) is 0.432. The number of hydrogen-bond acceptors (Lipinski definition) is 9. The van der Waals surface area contributed by atoms with Gasteiger partial charge in [0, 0.05) is 11.6 Å². The SMILES string of the molecule is CCOc1c(OC)cc(/C=N/Nc2cn[nH]c(=O)n2)cc1[N+](=O)[O-]. The van der Waals surface area contributed by atoms with Gasteiger partial charge in [0.1, 0.15) is 0 Å². The Morgan fingerprint density at radius 3 is 2.92 bits per heavy atom. The number of anilines is 1. The first-order chi connectivity index (χ1) is 11.5. The molecule has 2 aromatic rings. The van der Waals surface area contributed by atoms with E-state index in [0.717, 1.165) is 0 Å². The molecule has 0 saturated carbocycles. The maximum absolute atomic E-state index is 11.2. The molecule has 0 spiro atoms. The van der Waals surface area contributed by atoms with Crippen molar-refractivity contribution in [1.29, 1.82) is 0 Å². The van der Waals surface area contributed by atoms with Crippen molar-refractivity contribution in [1.82, 2.24) is 15.2 Å². The number of hydrazone groups is 1. The summed E-state index contributed by atoms with van der Waals surface area (Å²) in [5.74, 6) is 0.390. The van der Waals surface area contributed by atoms with E-state index in [1.807, 2.05) is 0 Å². The summed E-state index contributed by atoms with van der Waals surface area (Å²) in [4.78, 5) is 25.2. The van der Waals surface area contributed by atoms with Crippen LogP contribution < -0.4 is 20.6 Å². The fourth-order valence-corrected chi connectivity index (χ4v) is 1.80. The summed E-state index contributed by atoms with van der Waals surface area (Å²) in [5, 5.41) is 20.7. The van der Waals surface area contributed by atoms with Crippen LogP contribution in [-0.4, -0.2) is 40.0 Å². The summed E-state index contributed by atoms with van der Waals surface area (Å²) in [6.07, 6.45) is 2.58. The summed E-state index contributed by atoms with van der Waals surface area (Å²) in [5.41, 5.74) is 2.02. The predicted octanol–water partition coefficient (Wildman–Crippen LogP) is 0.926. The molecular weight excluding hydrogens is 320 g/mol. The van der Waals surface area contributed by atoms with E-state index in [9.17, 15) is 14.9 Å². The molecule has 0 bridgehead atoms. The zero-order valence-electron chi connectivity index (χ0n) is 12.8. The summed E-state index contributed by atoms with van der Waals surface area (Å²) >= 11 is 0. The van der Waals surface area contributed by atoms with Crippen LogP contribution in [0.25, 0.3) is 0 Å². The van der Waals surface area contributed by atoms with Crippen molar-refractivity contribution in [3.63, 3.8) is 0 Å². The molecule has 0 saturated heterocycles. The topological polar surface area (TPSA) is 145 Å². The molecule has 0 unspecified atom stereocenters. The molecule has 2 N–H and O–H groups in total. The van der Waals surface area contributed by atoms with Gasteiger partial charge >= 0.3 is 11.4 Å². The lowest BCUT2D eigenvalue weighted by Crippen LogP contribution is -2.13. The summed E-state index contributed by atoms with van der Waals surface area (Å²) in [7, 11) is 1.38. The van der Waals surface area contributed by atoms with E-state index in [-0.39, 0.29) is 29.6 Å². The van der Waals surface area contributed by atoms with Gasteiger partial charge in [-0.15, -0.1) is 0 Å². The molecule has 24 heavy (non-hydrogen) atoms. The molecule has 0 amide bonds. The number of aromatic nitrogens is 3. The van der Waals surface area contributed by atoms with E-state index in [2.05, 4.69) is 25.7 Å². The summed E-state index contributed by atoms with van der Waals surface area (Å²) < 4.78 is 10.4. The monoisotopic (exact) mass is 334 g/mol. The zero-order chi connectivity index (χ0) is 17.5. The maximum atomic E-state index is 11.2. The number of methoxy groups -OCH3 is 1. The van der Waals surface area contributed by atoms with E-state index in [1.54, 1.807) is 6.92 Å². The largest absolute Gasteiger partial charge is 0.493 e. The highest BCUT2D eigenvalue weighted by Gasteiger charge is 2.21. The first kappa shape index (κ1) is 16.9. The van der Waals surface area contributed by atoms with Crippen LogP contribution in [0.2, 0.25) is 0 Å². The van der Waals surface area contributed by atoms with Gasteiger partial charge in [0.15, 0.2) is 11.6 Å². The van der Waals surface area contributed by atoms with Gasteiger partial charge in [-0.25, -0.2) is 9.89 Å². The van der Waals surface area contributed by atoms with E-state index >= 15 is 0 Å². The van der Waals surface area contributed by atoms with Crippen LogP contribution >= 0.6 is 0 Å². The van der Waals surface area contributed by atoms with Gasteiger partial charge in [-0.2, -0.15) is 15.2 Å². The van der Waals surface area contributed by atoms with Crippen LogP contribution in [0.1, 0.15) is 12.5 Å². The molecule has 1 aromatic heterocycles. The lowest BCUT2D eigenvalue weighted by atomic mass is 10.2. The predicted molar refractivity (Wildman–Crippen MR) is 84.7 cm³/mol. The minimum absolute atomic E-state index is 0.0515. The highest BCUT2D eigenvalue weighted by atomic mass is 16.6. The molecule has 1 heterocycles. The second kappa shape index (κ2) is 7.67. The number of aromatic amines is 1. The molecule has 0 atom stereocenters. The summed E-state index contributed by atoms with van der Waals surface area (Å²) in [6.45, 7) is 1.97. The molecule has 2 rings (SSSR count). The number of ether oxygens (including phenoxy) is 2. The Balaban J connectivity index is 2.29. The van der Waals surface area contributed by atoms with Gasteiger partial charge in [0.2, 0.25) is 5.75 Å². The molecule has 0 aliphatic carbocycles. The second-order valence-electron chi connectivity index (χ2n) is 4.30. The fraction of sp³-hybridized carbons (Fsp3) is 0.231. The van der Waals surface area contributed by atoms with Gasteiger partial charge in [0.05, 0.1) is 31.1 Å². The van der Waals surface area contributed by atoms with Crippen molar-refractivity contribution < 1.29 is 14.4 Å². The van der Waals surface area contributed by atoms with Crippen LogP contribution in [0.15, 0.2) is 28.2 Å². The number of rotatable bonds is 7. The number of nitrogens with one attached hydrogen (secondary N) is 2. The van der Waals surface area contributed by atoms with E-state index in [4.69, 9.17) is 9.47 Å². The number of nitrogens with zero attached hydrogens (tertiary/aromatic N) is 4. The van der Waals surface area contributed by atoms with Crippen molar-refractivity contribution in [2.24, 2.45) is 5.10 Å². The first-order valence-corrected chi connectivity index (χ1v) is 6.75. The Kier molecular flexibility index (Phi) is 5.39. The van der Waals surface area contributed by atoms with Crippen molar-refractivity contribution in [3.05, 3.63) is 44.5 Å². The van der Waals surface area contributed by atoms with Crippen molar-refractivity contribution >= 4 is 17.7 Å². The van der Waals surface area contributed by atoms with Gasteiger partial charge < -0.3 is 9.47 Å². The number of nitro benzene ring substituents is 1. The van der Waals surface area contributed by atoms with Crippen molar-refractivity contribution in [2.75, 3.05) is 19.1 Å². The fourth-order valence-electron chi connectivity index (χ4n) is 1.80. The van der Waals surface area contributed by atoms with E-state index in [0.29, 0.717) is 5.56 Å². The molecule has 1 aromatic carbocycles. The lowest BCUT2D eigenvalue weighted by molar-refractivity contribution is -0.385. The minimum Gasteiger partial charge on any atom is -0.493 e. The Morgan fingerprint density at radius 2 is 2.29 bits per heavy atom. The Bertz CT molecular complexity index is 819. The number of nitro groups is 1. The van der Waals surface area contributed by atoms with Crippen molar-refractivity contribution in [2.45, 2.75) is 6.92 Å². The second-order valence-corrected chi connectivity index (χ2v) is 4.30. The molecular formula is C13H14N6O5. The number of benzene rings is 1. The minimum atomic E-state index is -0.631. The van der Waals surface area contributed by atoms with Crippen molar-refractivity contribution in [3.8, 4) is 11.5 Å².